The zero-order valence-corrected chi connectivity index (χ0v) is 25.8. The highest BCUT2D eigenvalue weighted by Gasteiger charge is 2.33. The van der Waals surface area contributed by atoms with E-state index in [1.54, 1.807) is 27.4 Å². The Bertz CT molecular complexity index is 2020. The number of Topliss-reactive ketones (excluding diaryl/α,β-unsaturated/α-hetero) is 2. The van der Waals surface area contributed by atoms with E-state index in [1.807, 2.05) is 68.5 Å². The van der Waals surface area contributed by atoms with Crippen LogP contribution in [0.3, 0.4) is 0 Å². The lowest BCUT2D eigenvalue weighted by atomic mass is 9.96. The molecule has 44 heavy (non-hydrogen) atoms. The van der Waals surface area contributed by atoms with E-state index in [-0.39, 0.29) is 23.4 Å². The number of imidazole rings is 2. The molecule has 4 heterocycles. The molecule has 222 valence electrons. The lowest BCUT2D eigenvalue weighted by Crippen LogP contribution is -2.32. The van der Waals surface area contributed by atoms with Crippen molar-refractivity contribution in [3.63, 3.8) is 0 Å². The highest BCUT2D eigenvalue weighted by Crippen LogP contribution is 2.38. The summed E-state index contributed by atoms with van der Waals surface area (Å²) in [6.45, 7) is 17.5. The van der Waals surface area contributed by atoms with Crippen molar-refractivity contribution in [3.05, 3.63) is 94.9 Å². The zero-order chi connectivity index (χ0) is 32.3. The molecule has 0 fully saturated rings. The fourth-order valence-electron chi connectivity index (χ4n) is 5.06. The molecule has 0 unspecified atom stereocenters. The fraction of sp³-hybridized carbons (Fsp3) is 0.167. The predicted octanol–water partition coefficient (Wildman–Crippen LogP) is 5.72. The largest absolute Gasteiger partial charge is 0.300 e. The van der Waals surface area contributed by atoms with Crippen molar-refractivity contribution in [2.45, 2.75) is 41.5 Å². The molecule has 2 aliphatic rings. The van der Waals surface area contributed by atoms with Gasteiger partial charge in [0, 0.05) is 11.1 Å². The normalized spacial score (nSPS) is 13.0. The Morgan fingerprint density at radius 2 is 1.25 bits per heavy atom. The first-order valence-corrected chi connectivity index (χ1v) is 14.1. The maximum Gasteiger partial charge on any atom is 0.264 e. The van der Waals surface area contributed by atoms with Gasteiger partial charge in [0.2, 0.25) is 0 Å². The van der Waals surface area contributed by atoms with Gasteiger partial charge in [-0.2, -0.15) is 0 Å². The third-order valence-electron chi connectivity index (χ3n) is 6.67. The van der Waals surface area contributed by atoms with Crippen molar-refractivity contribution in [1.29, 1.82) is 0 Å². The molecule has 2 aromatic heterocycles. The van der Waals surface area contributed by atoms with E-state index in [0.29, 0.717) is 28.5 Å². The van der Waals surface area contributed by atoms with E-state index in [2.05, 4.69) is 23.1 Å². The molecular weight excluding hydrogens is 552 g/mol. The van der Waals surface area contributed by atoms with Crippen LogP contribution in [0.15, 0.2) is 61.7 Å². The second-order valence-electron chi connectivity index (χ2n) is 10.4. The molecule has 8 heteroatoms. The van der Waals surface area contributed by atoms with Crippen molar-refractivity contribution >= 4 is 47.7 Å². The summed E-state index contributed by atoms with van der Waals surface area (Å²) in [4.78, 5) is 55.0. The Labute approximate surface area is 256 Å². The van der Waals surface area contributed by atoms with Crippen LogP contribution in [0.4, 0.5) is 0 Å². The van der Waals surface area contributed by atoms with Gasteiger partial charge in [-0.25, -0.2) is 9.97 Å². The molecule has 2 aliphatic heterocycles. The van der Waals surface area contributed by atoms with Crippen molar-refractivity contribution < 1.29 is 19.2 Å². The zero-order valence-electron chi connectivity index (χ0n) is 25.8. The summed E-state index contributed by atoms with van der Waals surface area (Å²) in [5.41, 5.74) is 5.85. The number of rotatable bonds is 4. The summed E-state index contributed by atoms with van der Waals surface area (Å²) in [5.74, 6) is 1.34. The number of aromatic nitrogens is 4. The number of nitrogens with zero attached hydrogens (tertiary/aromatic N) is 4. The first kappa shape index (κ1) is 31.4. The smallest absolute Gasteiger partial charge is 0.264 e. The quantitative estimate of drug-likeness (QED) is 0.262. The van der Waals surface area contributed by atoms with E-state index in [1.165, 1.54) is 27.7 Å². The minimum absolute atomic E-state index is 0.124. The molecule has 0 aliphatic carbocycles. The van der Waals surface area contributed by atoms with E-state index in [9.17, 15) is 19.2 Å². The maximum absolute atomic E-state index is 13.4. The third-order valence-corrected chi connectivity index (χ3v) is 6.67. The Morgan fingerprint density at radius 3 is 1.70 bits per heavy atom. The van der Waals surface area contributed by atoms with E-state index in [0.717, 1.165) is 38.6 Å². The second-order valence-corrected chi connectivity index (χ2v) is 10.4. The molecule has 2 aromatic carbocycles. The lowest BCUT2D eigenvalue weighted by molar-refractivity contribution is -0.115. The first-order valence-electron chi connectivity index (χ1n) is 14.1. The first-order chi connectivity index (χ1) is 21.0. The molecule has 0 radical (unpaired) electrons. The summed E-state index contributed by atoms with van der Waals surface area (Å²) < 4.78 is 3.27. The average Bonchev–Trinajstić information content (AvgIpc) is 3.68. The standard InChI is InChI=1S/C30H22N4O2.2C3H6O/c1-5-9-25-23(7-3)31-27-19-13-11-17(15-21(19)29(35)33(25)27)18-12-14-20-22(16-18)30(36)34-26(10-6-2)24(8-4)32-28(20)34;2*1-3(2)4/h5-16H,1,4H2,2-3H3;2*1-2H3/b10-6-,23-7+,25-9+;;. The number of fused-ring (bicyclic) bond motifs is 6. The number of carbonyl (C=O) groups is 4. The number of hydrogen-bond donors (Lipinski definition) is 0. The lowest BCUT2D eigenvalue weighted by Gasteiger charge is -2.07. The van der Waals surface area contributed by atoms with Gasteiger partial charge in [0.1, 0.15) is 23.2 Å². The number of hydrogen-bond acceptors (Lipinski definition) is 6. The molecular formula is C36H34N4O4. The van der Waals surface area contributed by atoms with Crippen LogP contribution < -0.4 is 10.7 Å². The number of benzene rings is 2. The summed E-state index contributed by atoms with van der Waals surface area (Å²) in [7, 11) is 0. The molecule has 0 amide bonds. The summed E-state index contributed by atoms with van der Waals surface area (Å²) >= 11 is 0. The molecule has 4 aromatic rings. The predicted molar refractivity (Wildman–Crippen MR) is 175 cm³/mol. The van der Waals surface area contributed by atoms with Crippen LogP contribution in [-0.2, 0) is 9.59 Å². The van der Waals surface area contributed by atoms with Crippen molar-refractivity contribution in [2.24, 2.45) is 0 Å². The molecule has 0 saturated carbocycles. The van der Waals surface area contributed by atoms with E-state index in [4.69, 9.17) is 0 Å². The molecule has 0 atom stereocenters. The Balaban J connectivity index is 0.000000496. The highest BCUT2D eigenvalue weighted by molar-refractivity contribution is 6.11. The van der Waals surface area contributed by atoms with Gasteiger partial charge in [-0.15, -0.1) is 0 Å². The number of carbonyl (C=O) groups excluding carboxylic acids is 4. The van der Waals surface area contributed by atoms with Crippen LogP contribution in [0.2, 0.25) is 0 Å². The molecule has 0 spiro atoms. The van der Waals surface area contributed by atoms with E-state index >= 15 is 0 Å². The minimum Gasteiger partial charge on any atom is -0.300 e. The third kappa shape index (κ3) is 5.62. The Morgan fingerprint density at radius 1 is 0.750 bits per heavy atom. The van der Waals surface area contributed by atoms with Gasteiger partial charge in [-0.05, 0) is 95.2 Å². The van der Waals surface area contributed by atoms with Gasteiger partial charge in [0.05, 0.1) is 33.2 Å². The second kappa shape index (κ2) is 12.8. The maximum atomic E-state index is 13.4. The van der Waals surface area contributed by atoms with Gasteiger partial charge in [-0.3, -0.25) is 18.7 Å². The van der Waals surface area contributed by atoms with Crippen LogP contribution in [0.25, 0.3) is 58.2 Å². The van der Waals surface area contributed by atoms with Crippen molar-refractivity contribution in [3.8, 4) is 33.9 Å². The number of ketones is 2. The number of allylic oxidation sites excluding steroid dienone is 2. The average molecular weight is 587 g/mol. The minimum atomic E-state index is -0.124. The van der Waals surface area contributed by atoms with E-state index < -0.39 is 0 Å². The monoisotopic (exact) mass is 586 g/mol. The summed E-state index contributed by atoms with van der Waals surface area (Å²) in [5, 5.41) is 1.47. The molecule has 6 rings (SSSR count). The molecule has 8 nitrogen and oxygen atoms in total. The highest BCUT2D eigenvalue weighted by atomic mass is 16.2. The van der Waals surface area contributed by atoms with Gasteiger partial charge < -0.3 is 9.59 Å². The Kier molecular flexibility index (Phi) is 9.14. The molecule has 0 saturated heterocycles. The van der Waals surface area contributed by atoms with Gasteiger partial charge in [0.25, 0.3) is 11.8 Å². The van der Waals surface area contributed by atoms with Crippen LogP contribution >= 0.6 is 0 Å². The van der Waals surface area contributed by atoms with Crippen LogP contribution in [0, 0.1) is 0 Å². The van der Waals surface area contributed by atoms with Gasteiger partial charge in [0.15, 0.2) is 0 Å². The van der Waals surface area contributed by atoms with Crippen molar-refractivity contribution in [1.82, 2.24) is 19.1 Å². The molecule has 0 N–H and O–H groups in total. The summed E-state index contributed by atoms with van der Waals surface area (Å²) in [6.07, 6.45) is 10.7. The molecule has 0 bridgehead atoms. The van der Waals surface area contributed by atoms with Gasteiger partial charge in [-0.1, -0.05) is 43.5 Å². The van der Waals surface area contributed by atoms with Crippen molar-refractivity contribution in [2.75, 3.05) is 0 Å². The SMILES string of the molecule is C=C/C=c1\c(=C/C)nc2n1C(=O)c1cc(-c3ccc4c(c3)C(=O)n3c-4nc(C=C)c3/C=C\C)ccc1-2.CC(C)=O.CC(C)=O. The summed E-state index contributed by atoms with van der Waals surface area (Å²) in [6, 6.07) is 11.5. The topological polar surface area (TPSA) is 104 Å². The van der Waals surface area contributed by atoms with Gasteiger partial charge >= 0.3 is 0 Å². The fourth-order valence-corrected chi connectivity index (χ4v) is 5.06. The van der Waals surface area contributed by atoms with Crippen LogP contribution in [0.1, 0.15) is 73.6 Å². The van der Waals surface area contributed by atoms with Crippen LogP contribution in [-0.4, -0.2) is 42.5 Å². The van der Waals surface area contributed by atoms with Crippen LogP contribution in [0.5, 0.6) is 0 Å². The Hall–Kier alpha value is -5.50.